The molecular formula is C2H5Cl2P. The van der Waals surface area contributed by atoms with Crippen LogP contribution in [0.15, 0.2) is 0 Å². The predicted molar refractivity (Wildman–Crippen MR) is 29.8 cm³/mol. The summed E-state index contributed by atoms with van der Waals surface area (Å²) in [6.07, 6.45) is 0.948. The standard InChI is InChI=1S/C2H5Cl2P/c3-1-2-5-4/h5H,1-2H2. The Bertz CT molecular complexity index is 15.1. The first-order valence-corrected chi connectivity index (χ1v) is 4.06. The quantitative estimate of drug-likeness (QED) is 0.397. The second-order valence-corrected chi connectivity index (χ2v) is 2.52. The van der Waals surface area contributed by atoms with Crippen molar-refractivity contribution >= 4 is 30.8 Å². The molecule has 0 saturated heterocycles. The number of alkyl halides is 1. The molecule has 0 nitrogen and oxygen atoms in total. The van der Waals surface area contributed by atoms with E-state index in [1.54, 1.807) is 0 Å². The van der Waals surface area contributed by atoms with E-state index in [-0.39, 0.29) is 0 Å². The predicted octanol–water partition coefficient (Wildman–Crippen LogP) is 2.06. The molecule has 0 aromatic rings. The first kappa shape index (κ1) is 6.01. The van der Waals surface area contributed by atoms with Gasteiger partial charge in [0.05, 0.1) is 0 Å². The van der Waals surface area contributed by atoms with Gasteiger partial charge in [0, 0.05) is 5.88 Å². The van der Waals surface area contributed by atoms with Crippen LogP contribution < -0.4 is 0 Å². The normalized spacial score (nSPS) is 10.8. The van der Waals surface area contributed by atoms with Gasteiger partial charge in [0.15, 0.2) is 0 Å². The first-order valence-electron chi connectivity index (χ1n) is 1.31. The number of rotatable bonds is 2. The van der Waals surface area contributed by atoms with Gasteiger partial charge in [0.1, 0.15) is 0 Å². The van der Waals surface area contributed by atoms with Crippen molar-refractivity contribution in [3.8, 4) is 0 Å². The third kappa shape index (κ3) is 5.01. The summed E-state index contributed by atoms with van der Waals surface area (Å²) in [7, 11) is 0.498. The molecule has 0 aliphatic carbocycles. The molecule has 1 unspecified atom stereocenters. The van der Waals surface area contributed by atoms with E-state index < -0.39 is 0 Å². The molecule has 0 aliphatic heterocycles. The highest BCUT2D eigenvalue weighted by Gasteiger charge is 1.71. The molecule has 0 spiro atoms. The number of hydrogen-bond acceptors (Lipinski definition) is 0. The summed E-state index contributed by atoms with van der Waals surface area (Å²) in [6.45, 7) is 0. The molecule has 32 valence electrons. The van der Waals surface area contributed by atoms with Crippen LogP contribution >= 0.6 is 30.8 Å². The number of hydrogen-bond donors (Lipinski definition) is 0. The van der Waals surface area contributed by atoms with Gasteiger partial charge in [-0.2, -0.15) is 0 Å². The molecule has 0 bridgehead atoms. The van der Waals surface area contributed by atoms with Crippen molar-refractivity contribution in [3.05, 3.63) is 0 Å². The average molecular weight is 131 g/mol. The fraction of sp³-hybridized carbons (Fsp3) is 1.00. The van der Waals surface area contributed by atoms with Crippen LogP contribution in [0.2, 0.25) is 0 Å². The van der Waals surface area contributed by atoms with Gasteiger partial charge in [-0.3, -0.25) is 0 Å². The summed E-state index contributed by atoms with van der Waals surface area (Å²) in [5, 5.41) is 0. The minimum absolute atomic E-state index is 0.498. The smallest absolute Gasteiger partial charge is 0.0271 e. The molecule has 0 heterocycles. The Labute approximate surface area is 43.4 Å². The van der Waals surface area contributed by atoms with Crippen molar-refractivity contribution in [1.29, 1.82) is 0 Å². The van der Waals surface area contributed by atoms with E-state index >= 15 is 0 Å². The van der Waals surface area contributed by atoms with Crippen LogP contribution in [0.4, 0.5) is 0 Å². The Balaban J connectivity index is 2.19. The van der Waals surface area contributed by atoms with E-state index in [2.05, 4.69) is 0 Å². The third-order valence-electron chi connectivity index (χ3n) is 0.189. The molecule has 0 aromatic heterocycles. The van der Waals surface area contributed by atoms with Crippen LogP contribution in [0.25, 0.3) is 0 Å². The Kier molecular flexibility index (Phi) is 6.02. The first-order chi connectivity index (χ1) is 2.41. The minimum atomic E-state index is 0.498. The fourth-order valence-electron chi connectivity index (χ4n) is 0.0357. The largest absolute Gasteiger partial charge is 0.126 e. The monoisotopic (exact) mass is 130 g/mol. The van der Waals surface area contributed by atoms with E-state index in [1.165, 1.54) is 0 Å². The van der Waals surface area contributed by atoms with Crippen LogP contribution in [0.5, 0.6) is 0 Å². The zero-order chi connectivity index (χ0) is 4.12. The van der Waals surface area contributed by atoms with E-state index in [0.29, 0.717) is 13.8 Å². The SMILES string of the molecule is ClCCPCl. The second kappa shape index (κ2) is 5.01. The van der Waals surface area contributed by atoms with Crippen molar-refractivity contribution in [1.82, 2.24) is 0 Å². The van der Waals surface area contributed by atoms with Crippen LogP contribution in [0, 0.1) is 0 Å². The van der Waals surface area contributed by atoms with E-state index in [4.69, 9.17) is 22.8 Å². The van der Waals surface area contributed by atoms with Crippen molar-refractivity contribution in [2.75, 3.05) is 12.0 Å². The maximum Gasteiger partial charge on any atom is 0.0271 e. The summed E-state index contributed by atoms with van der Waals surface area (Å²) < 4.78 is 0. The highest BCUT2D eigenvalue weighted by molar-refractivity contribution is 7.68. The molecule has 3 heteroatoms. The van der Waals surface area contributed by atoms with Gasteiger partial charge in [0.25, 0.3) is 0 Å². The zero-order valence-electron chi connectivity index (χ0n) is 2.67. The highest BCUT2D eigenvalue weighted by atomic mass is 35.7. The van der Waals surface area contributed by atoms with Crippen LogP contribution in [-0.2, 0) is 0 Å². The van der Waals surface area contributed by atoms with Crippen molar-refractivity contribution in [3.63, 3.8) is 0 Å². The molecular weight excluding hydrogens is 126 g/mol. The molecule has 0 amide bonds. The van der Waals surface area contributed by atoms with E-state index in [0.717, 1.165) is 6.16 Å². The number of halogens is 2. The maximum atomic E-state index is 5.24. The van der Waals surface area contributed by atoms with Crippen LogP contribution in [-0.4, -0.2) is 12.0 Å². The lowest BCUT2D eigenvalue weighted by Gasteiger charge is -1.75. The average Bonchev–Trinajstić information content (AvgIpc) is 1.41. The topological polar surface area (TPSA) is 0 Å². The summed E-state index contributed by atoms with van der Waals surface area (Å²) in [6, 6.07) is 0. The zero-order valence-corrected chi connectivity index (χ0v) is 5.18. The molecule has 5 heavy (non-hydrogen) atoms. The van der Waals surface area contributed by atoms with Gasteiger partial charge in [-0.15, -0.1) is 22.8 Å². The van der Waals surface area contributed by atoms with Crippen LogP contribution in [0.3, 0.4) is 0 Å². The van der Waals surface area contributed by atoms with Gasteiger partial charge in [-0.05, 0) is 14.1 Å². The summed E-state index contributed by atoms with van der Waals surface area (Å²) in [4.78, 5) is 0. The molecule has 0 fully saturated rings. The summed E-state index contributed by atoms with van der Waals surface area (Å²) >= 11 is 10.5. The molecule has 1 atom stereocenters. The van der Waals surface area contributed by atoms with Gasteiger partial charge in [-0.25, -0.2) is 0 Å². The van der Waals surface area contributed by atoms with Crippen molar-refractivity contribution in [2.45, 2.75) is 0 Å². The van der Waals surface area contributed by atoms with Crippen molar-refractivity contribution in [2.24, 2.45) is 0 Å². The molecule has 0 radical (unpaired) electrons. The summed E-state index contributed by atoms with van der Waals surface area (Å²) in [5.74, 6) is 0.696. The fourth-order valence-corrected chi connectivity index (χ4v) is 0.964. The molecule has 0 rings (SSSR count). The lowest BCUT2D eigenvalue weighted by Crippen LogP contribution is -1.66. The Hall–Kier alpha value is 1.01. The van der Waals surface area contributed by atoms with Crippen LogP contribution in [0.1, 0.15) is 0 Å². The van der Waals surface area contributed by atoms with Gasteiger partial charge in [-0.1, -0.05) is 0 Å². The minimum Gasteiger partial charge on any atom is -0.126 e. The molecule has 0 aliphatic rings. The van der Waals surface area contributed by atoms with Gasteiger partial charge < -0.3 is 0 Å². The Morgan fingerprint density at radius 2 is 2.20 bits per heavy atom. The highest BCUT2D eigenvalue weighted by Crippen LogP contribution is 2.13. The molecule has 0 aromatic carbocycles. The lowest BCUT2D eigenvalue weighted by atomic mass is 11.0. The second-order valence-electron chi connectivity index (χ2n) is 0.573. The van der Waals surface area contributed by atoms with Gasteiger partial charge >= 0.3 is 0 Å². The van der Waals surface area contributed by atoms with E-state index in [1.807, 2.05) is 0 Å². The van der Waals surface area contributed by atoms with E-state index in [9.17, 15) is 0 Å². The van der Waals surface area contributed by atoms with Crippen molar-refractivity contribution < 1.29 is 0 Å². The molecule has 0 N–H and O–H groups in total. The Morgan fingerprint density at radius 1 is 1.60 bits per heavy atom. The Morgan fingerprint density at radius 3 is 2.20 bits per heavy atom. The third-order valence-corrected chi connectivity index (χ3v) is 1.70. The lowest BCUT2D eigenvalue weighted by molar-refractivity contribution is 1.54. The van der Waals surface area contributed by atoms with Gasteiger partial charge in [0.2, 0.25) is 0 Å². The molecule has 0 saturated carbocycles. The maximum absolute atomic E-state index is 5.24. The summed E-state index contributed by atoms with van der Waals surface area (Å²) in [5.41, 5.74) is 0.